The van der Waals surface area contributed by atoms with Crippen molar-refractivity contribution < 1.29 is 4.79 Å². The minimum absolute atomic E-state index is 0.0403. The molecule has 0 radical (unpaired) electrons. The maximum Gasteiger partial charge on any atom is 0.257 e. The van der Waals surface area contributed by atoms with Gasteiger partial charge in [-0.25, -0.2) is 9.97 Å². The monoisotopic (exact) mass is 388 g/mol. The van der Waals surface area contributed by atoms with Crippen LogP contribution in [0.2, 0.25) is 0 Å². The van der Waals surface area contributed by atoms with E-state index in [0.29, 0.717) is 11.2 Å². The lowest BCUT2D eigenvalue weighted by Crippen LogP contribution is -2.42. The summed E-state index contributed by atoms with van der Waals surface area (Å²) in [6.07, 6.45) is 4.96. The van der Waals surface area contributed by atoms with Crippen molar-refractivity contribution in [3.05, 3.63) is 58.9 Å². The van der Waals surface area contributed by atoms with Crippen LogP contribution in [0.4, 0.5) is 11.4 Å². The highest BCUT2D eigenvalue weighted by Crippen LogP contribution is 2.31. The number of carbonyl (C=O) groups excluding carboxylic acids is 1. The second kappa shape index (κ2) is 7.82. The van der Waals surface area contributed by atoms with Crippen molar-refractivity contribution in [2.45, 2.75) is 53.0 Å². The van der Waals surface area contributed by atoms with Crippen LogP contribution in [0.1, 0.15) is 53.4 Å². The molecule has 0 aliphatic carbocycles. The molecule has 0 unspecified atom stereocenters. The van der Waals surface area contributed by atoms with E-state index in [0.717, 1.165) is 41.8 Å². The van der Waals surface area contributed by atoms with Gasteiger partial charge in [-0.2, -0.15) is 0 Å². The normalized spacial score (nSPS) is 16.8. The zero-order valence-electron chi connectivity index (χ0n) is 17.6. The average molecular weight is 389 g/mol. The maximum absolute atomic E-state index is 13.5. The van der Waals surface area contributed by atoms with Crippen LogP contribution >= 0.6 is 0 Å². The molecule has 3 aromatic rings. The summed E-state index contributed by atoms with van der Waals surface area (Å²) in [5, 5.41) is 4.38. The number of hydrogen-bond acceptors (Lipinski definition) is 4. The van der Waals surface area contributed by atoms with E-state index in [4.69, 9.17) is 0 Å². The fourth-order valence-electron chi connectivity index (χ4n) is 3.99. The molecule has 1 N–H and O–H groups in total. The number of amides is 1. The Morgan fingerprint density at radius 2 is 1.93 bits per heavy atom. The number of hydrogen-bond donors (Lipinski definition) is 1. The third-order valence-electron chi connectivity index (χ3n) is 5.94. The number of benzene rings is 1. The van der Waals surface area contributed by atoms with Gasteiger partial charge in [-0.1, -0.05) is 6.07 Å². The molecule has 0 bridgehead atoms. The minimum Gasteiger partial charge on any atom is -0.354 e. The first-order chi connectivity index (χ1) is 13.9. The van der Waals surface area contributed by atoms with E-state index in [1.807, 2.05) is 30.0 Å². The highest BCUT2D eigenvalue weighted by molar-refractivity contribution is 6.07. The second-order valence-corrected chi connectivity index (χ2v) is 8.14. The summed E-state index contributed by atoms with van der Waals surface area (Å²) in [5.74, 6) is 0.0403. The molecule has 1 fully saturated rings. The van der Waals surface area contributed by atoms with Gasteiger partial charge in [0.25, 0.3) is 5.91 Å². The standard InChI is InChI=1S/C24H28N4O/c1-15-8-10-19(13-16(15)2)27-22-20-11-9-17(3)26-23(20)25-14-21(22)24(29)28-12-6-5-7-18(28)4/h8-11,13-14,18H,5-7,12H2,1-4H3,(H,25,26,27)/t18-/m0/s1. The Bertz CT molecular complexity index is 1080. The zero-order chi connectivity index (χ0) is 20.5. The number of piperidine rings is 1. The van der Waals surface area contributed by atoms with E-state index in [2.05, 4.69) is 48.2 Å². The smallest absolute Gasteiger partial charge is 0.257 e. The number of pyridine rings is 2. The van der Waals surface area contributed by atoms with Crippen molar-refractivity contribution in [3.63, 3.8) is 0 Å². The summed E-state index contributed by atoms with van der Waals surface area (Å²) in [4.78, 5) is 24.5. The first-order valence-corrected chi connectivity index (χ1v) is 10.4. The fraction of sp³-hybridized carbons (Fsp3) is 0.375. The van der Waals surface area contributed by atoms with E-state index >= 15 is 0 Å². The first-order valence-electron chi connectivity index (χ1n) is 10.4. The molecule has 1 aromatic carbocycles. The Morgan fingerprint density at radius 1 is 1.10 bits per heavy atom. The number of aryl methyl sites for hydroxylation is 3. The lowest BCUT2D eigenvalue weighted by molar-refractivity contribution is 0.0636. The molecular weight excluding hydrogens is 360 g/mol. The minimum atomic E-state index is 0.0403. The topological polar surface area (TPSA) is 58.1 Å². The molecule has 150 valence electrons. The molecule has 1 saturated heterocycles. The number of aromatic nitrogens is 2. The number of nitrogens with one attached hydrogen (secondary N) is 1. The largest absolute Gasteiger partial charge is 0.354 e. The van der Waals surface area contributed by atoms with E-state index < -0.39 is 0 Å². The van der Waals surface area contributed by atoms with Crippen molar-refractivity contribution in [1.29, 1.82) is 0 Å². The second-order valence-electron chi connectivity index (χ2n) is 8.14. The number of likely N-dealkylation sites (tertiary alicyclic amines) is 1. The molecular formula is C24H28N4O. The van der Waals surface area contributed by atoms with E-state index in [1.165, 1.54) is 17.5 Å². The molecule has 2 aromatic heterocycles. The lowest BCUT2D eigenvalue weighted by Gasteiger charge is -2.34. The molecule has 5 nitrogen and oxygen atoms in total. The van der Waals surface area contributed by atoms with Crippen LogP contribution in [-0.4, -0.2) is 33.4 Å². The van der Waals surface area contributed by atoms with E-state index in [9.17, 15) is 4.79 Å². The molecule has 4 rings (SSSR count). The van der Waals surface area contributed by atoms with Gasteiger partial charge in [0.2, 0.25) is 0 Å². The van der Waals surface area contributed by atoms with Crippen LogP contribution in [0.15, 0.2) is 36.5 Å². The number of anilines is 2. The quantitative estimate of drug-likeness (QED) is 0.660. The summed E-state index contributed by atoms with van der Waals surface area (Å²) in [7, 11) is 0. The summed E-state index contributed by atoms with van der Waals surface area (Å²) >= 11 is 0. The van der Waals surface area contributed by atoms with Crippen LogP contribution < -0.4 is 5.32 Å². The predicted octanol–water partition coefficient (Wildman–Crippen LogP) is 5.31. The molecule has 29 heavy (non-hydrogen) atoms. The van der Waals surface area contributed by atoms with Crippen LogP contribution in [0.5, 0.6) is 0 Å². The molecule has 5 heteroatoms. The van der Waals surface area contributed by atoms with Gasteiger partial charge >= 0.3 is 0 Å². The number of carbonyl (C=O) groups is 1. The van der Waals surface area contributed by atoms with Gasteiger partial charge in [0.15, 0.2) is 5.65 Å². The summed E-state index contributed by atoms with van der Waals surface area (Å²) in [6, 6.07) is 10.5. The molecule has 1 aliphatic rings. The SMILES string of the molecule is Cc1ccc2c(Nc3ccc(C)c(C)c3)c(C(=O)N3CCCC[C@@H]3C)cnc2n1. The van der Waals surface area contributed by atoms with Crippen molar-refractivity contribution in [1.82, 2.24) is 14.9 Å². The Labute approximate surface area is 172 Å². The van der Waals surface area contributed by atoms with Gasteiger partial charge in [-0.15, -0.1) is 0 Å². The lowest BCUT2D eigenvalue weighted by atomic mass is 10.0. The Kier molecular flexibility index (Phi) is 5.22. The van der Waals surface area contributed by atoms with E-state index in [1.54, 1.807) is 6.20 Å². The molecule has 0 saturated carbocycles. The summed E-state index contributed by atoms with van der Waals surface area (Å²) in [5.41, 5.74) is 6.36. The highest BCUT2D eigenvalue weighted by Gasteiger charge is 2.27. The van der Waals surface area contributed by atoms with Gasteiger partial charge < -0.3 is 10.2 Å². The predicted molar refractivity (Wildman–Crippen MR) is 118 cm³/mol. The third-order valence-corrected chi connectivity index (χ3v) is 5.94. The van der Waals surface area contributed by atoms with Gasteiger partial charge in [0, 0.05) is 35.6 Å². The maximum atomic E-state index is 13.5. The Morgan fingerprint density at radius 3 is 2.69 bits per heavy atom. The van der Waals surface area contributed by atoms with E-state index in [-0.39, 0.29) is 11.9 Å². The molecule has 1 amide bonds. The molecule has 3 heterocycles. The van der Waals surface area contributed by atoms with Gasteiger partial charge in [0.05, 0.1) is 11.3 Å². The van der Waals surface area contributed by atoms with Gasteiger partial charge in [-0.05, 0) is 82.3 Å². The van der Waals surface area contributed by atoms with Gasteiger partial charge in [-0.3, -0.25) is 4.79 Å². The van der Waals surface area contributed by atoms with Crippen molar-refractivity contribution in [3.8, 4) is 0 Å². The molecule has 1 aliphatic heterocycles. The van der Waals surface area contributed by atoms with Crippen molar-refractivity contribution in [2.24, 2.45) is 0 Å². The van der Waals surface area contributed by atoms with Crippen LogP contribution in [0, 0.1) is 20.8 Å². The van der Waals surface area contributed by atoms with Crippen molar-refractivity contribution in [2.75, 3.05) is 11.9 Å². The summed E-state index contributed by atoms with van der Waals surface area (Å²) < 4.78 is 0. The zero-order valence-corrected chi connectivity index (χ0v) is 17.6. The van der Waals surface area contributed by atoms with Crippen molar-refractivity contribution >= 4 is 28.3 Å². The van der Waals surface area contributed by atoms with Crippen LogP contribution in [0.25, 0.3) is 11.0 Å². The summed E-state index contributed by atoms with van der Waals surface area (Å²) in [6.45, 7) is 9.07. The Balaban J connectivity index is 1.82. The average Bonchev–Trinajstić information content (AvgIpc) is 2.70. The third kappa shape index (κ3) is 3.82. The number of nitrogens with zero attached hydrogens (tertiary/aromatic N) is 3. The first kappa shape index (κ1) is 19.4. The number of fused-ring (bicyclic) bond motifs is 1. The molecule has 1 atom stereocenters. The van der Waals surface area contributed by atoms with Gasteiger partial charge in [0.1, 0.15) is 0 Å². The fourth-order valence-corrected chi connectivity index (χ4v) is 3.99. The molecule has 0 spiro atoms. The Hall–Kier alpha value is -2.95. The van der Waals surface area contributed by atoms with Crippen LogP contribution in [0.3, 0.4) is 0 Å². The van der Waals surface area contributed by atoms with Crippen LogP contribution in [-0.2, 0) is 0 Å². The number of rotatable bonds is 3. The highest BCUT2D eigenvalue weighted by atomic mass is 16.2.